The second-order valence-electron chi connectivity index (χ2n) is 8.58. The van der Waals surface area contributed by atoms with Crippen LogP contribution in [0.1, 0.15) is 24.5 Å². The van der Waals surface area contributed by atoms with Crippen LogP contribution in [0.15, 0.2) is 52.8 Å². The van der Waals surface area contributed by atoms with Gasteiger partial charge in [-0.05, 0) is 51.0 Å². The molecule has 0 radical (unpaired) electrons. The summed E-state index contributed by atoms with van der Waals surface area (Å²) in [6.45, 7) is 10.6. The van der Waals surface area contributed by atoms with Gasteiger partial charge in [-0.3, -0.25) is 9.89 Å². The number of nitrogens with one attached hydrogen (secondary N) is 1. The normalized spacial score (nSPS) is 15.8. The van der Waals surface area contributed by atoms with Crippen LogP contribution in [0.2, 0.25) is 0 Å². The number of guanidine groups is 1. The predicted octanol–water partition coefficient (Wildman–Crippen LogP) is 5.06. The van der Waals surface area contributed by atoms with Gasteiger partial charge in [-0.2, -0.15) is 0 Å². The molecule has 1 saturated heterocycles. The average molecular weight is 480 g/mol. The molecule has 0 spiro atoms. The summed E-state index contributed by atoms with van der Waals surface area (Å²) < 4.78 is 11.7. The molecular weight excluding hydrogens is 446 g/mol. The van der Waals surface area contributed by atoms with Crippen molar-refractivity contribution in [1.82, 2.24) is 9.88 Å². The van der Waals surface area contributed by atoms with Crippen LogP contribution in [0.5, 0.6) is 11.5 Å². The summed E-state index contributed by atoms with van der Waals surface area (Å²) in [6, 6.07) is 14.6. The van der Waals surface area contributed by atoms with Gasteiger partial charge < -0.3 is 20.5 Å². The van der Waals surface area contributed by atoms with E-state index in [1.807, 2.05) is 35.7 Å². The Bertz CT molecular complexity index is 1120. The molecule has 4 rings (SSSR count). The second-order valence-corrected chi connectivity index (χ2v) is 9.44. The summed E-state index contributed by atoms with van der Waals surface area (Å²) in [7, 11) is 0. The number of nitrogens with two attached hydrogens (primary N) is 1. The standard InChI is InChI=1S/C26H33N5O2S/c1-18-8-9-23(19(2)16-18)33-24-7-5-4-6-21(24)22-17-34-26(29-22)30-25(27)28-11-10-20(3)31-12-14-32-15-13-31/h4-9,16-17,20H,10-15H2,1-3H3,(H3,27,28,29,30). The Balaban J connectivity index is 1.38. The molecule has 3 aromatic rings. The van der Waals surface area contributed by atoms with Gasteiger partial charge in [-0.1, -0.05) is 29.8 Å². The lowest BCUT2D eigenvalue weighted by Gasteiger charge is -2.32. The number of morpholine rings is 1. The lowest BCUT2D eigenvalue weighted by molar-refractivity contribution is 0.0191. The van der Waals surface area contributed by atoms with Crippen molar-refractivity contribution in [2.24, 2.45) is 10.7 Å². The van der Waals surface area contributed by atoms with E-state index in [0.717, 1.165) is 61.0 Å². The number of nitrogens with zero attached hydrogens (tertiary/aromatic N) is 3. The molecular formula is C26H33N5O2S. The van der Waals surface area contributed by atoms with Gasteiger partial charge in [0, 0.05) is 36.6 Å². The highest BCUT2D eigenvalue weighted by Crippen LogP contribution is 2.35. The highest BCUT2D eigenvalue weighted by Gasteiger charge is 2.16. The van der Waals surface area contributed by atoms with Gasteiger partial charge >= 0.3 is 0 Å². The maximum atomic E-state index is 6.25. The fourth-order valence-electron chi connectivity index (χ4n) is 3.98. The third-order valence-corrected chi connectivity index (χ3v) is 6.71. The molecule has 0 saturated carbocycles. The molecule has 1 unspecified atom stereocenters. The molecule has 0 bridgehead atoms. The van der Waals surface area contributed by atoms with E-state index >= 15 is 0 Å². The minimum atomic E-state index is 0.384. The van der Waals surface area contributed by atoms with Gasteiger partial charge in [-0.15, -0.1) is 11.3 Å². The van der Waals surface area contributed by atoms with Crippen LogP contribution in [0.4, 0.5) is 5.13 Å². The van der Waals surface area contributed by atoms with Crippen molar-refractivity contribution in [2.45, 2.75) is 33.2 Å². The number of benzene rings is 2. The van der Waals surface area contributed by atoms with Crippen LogP contribution in [-0.2, 0) is 4.74 Å². The first kappa shape index (κ1) is 24.2. The molecule has 3 N–H and O–H groups in total. The molecule has 8 heteroatoms. The smallest absolute Gasteiger partial charge is 0.194 e. The van der Waals surface area contributed by atoms with Gasteiger partial charge in [0.05, 0.1) is 18.9 Å². The third kappa shape index (κ3) is 6.34. The maximum absolute atomic E-state index is 6.25. The molecule has 1 aliphatic heterocycles. The molecule has 0 aliphatic carbocycles. The van der Waals surface area contributed by atoms with E-state index in [9.17, 15) is 0 Å². The monoisotopic (exact) mass is 479 g/mol. The Kier molecular flexibility index (Phi) is 8.16. The number of thiazole rings is 1. The number of aromatic nitrogens is 1. The first-order valence-electron chi connectivity index (χ1n) is 11.7. The molecule has 0 amide bonds. The molecule has 1 fully saturated rings. The number of aliphatic imine (C=N–C) groups is 1. The lowest BCUT2D eigenvalue weighted by Crippen LogP contribution is -2.42. The molecule has 180 valence electrons. The molecule has 2 aromatic carbocycles. The third-order valence-electron chi connectivity index (χ3n) is 5.95. The van der Waals surface area contributed by atoms with E-state index < -0.39 is 0 Å². The Morgan fingerprint density at radius 1 is 1.21 bits per heavy atom. The molecule has 34 heavy (non-hydrogen) atoms. The molecule has 7 nitrogen and oxygen atoms in total. The number of hydrogen-bond donors (Lipinski definition) is 2. The summed E-state index contributed by atoms with van der Waals surface area (Å²) in [4.78, 5) is 11.7. The van der Waals surface area contributed by atoms with Crippen LogP contribution >= 0.6 is 11.3 Å². The molecule has 1 atom stereocenters. The van der Waals surface area contributed by atoms with Gasteiger partial charge in [0.1, 0.15) is 11.5 Å². The van der Waals surface area contributed by atoms with Crippen molar-refractivity contribution >= 4 is 22.4 Å². The first-order chi connectivity index (χ1) is 16.5. The van der Waals surface area contributed by atoms with Gasteiger partial charge in [0.25, 0.3) is 0 Å². The van der Waals surface area contributed by atoms with Crippen molar-refractivity contribution in [2.75, 3.05) is 38.2 Å². The highest BCUT2D eigenvalue weighted by atomic mass is 32.1. The quantitative estimate of drug-likeness (QED) is 0.347. The fraction of sp³-hybridized carbons (Fsp3) is 0.385. The summed E-state index contributed by atoms with van der Waals surface area (Å²) in [5, 5.41) is 5.84. The van der Waals surface area contributed by atoms with E-state index in [-0.39, 0.29) is 0 Å². The zero-order valence-electron chi connectivity index (χ0n) is 20.1. The maximum Gasteiger partial charge on any atom is 0.194 e. The van der Waals surface area contributed by atoms with E-state index in [4.69, 9.17) is 20.2 Å². The molecule has 1 aliphatic rings. The van der Waals surface area contributed by atoms with Crippen LogP contribution < -0.4 is 15.8 Å². The van der Waals surface area contributed by atoms with E-state index in [1.165, 1.54) is 16.9 Å². The minimum absolute atomic E-state index is 0.384. The van der Waals surface area contributed by atoms with E-state index in [1.54, 1.807) is 0 Å². The number of aryl methyl sites for hydroxylation is 2. The predicted molar refractivity (Wildman–Crippen MR) is 140 cm³/mol. The SMILES string of the molecule is Cc1ccc(Oc2ccccc2-c2csc(NC(N)=NCCC(C)N3CCOCC3)n2)c(C)c1. The highest BCUT2D eigenvalue weighted by molar-refractivity contribution is 7.14. The Morgan fingerprint density at radius 2 is 2.00 bits per heavy atom. The van der Waals surface area contributed by atoms with Crippen molar-refractivity contribution in [1.29, 1.82) is 0 Å². The van der Waals surface area contributed by atoms with Crippen molar-refractivity contribution in [3.8, 4) is 22.8 Å². The van der Waals surface area contributed by atoms with Gasteiger partial charge in [-0.25, -0.2) is 4.98 Å². The summed E-state index contributed by atoms with van der Waals surface area (Å²) in [5.41, 5.74) is 10.2. The van der Waals surface area contributed by atoms with Gasteiger partial charge in [0.15, 0.2) is 11.1 Å². The number of rotatable bonds is 8. The van der Waals surface area contributed by atoms with Crippen LogP contribution in [-0.4, -0.2) is 54.7 Å². The van der Waals surface area contributed by atoms with Crippen molar-refractivity contribution in [3.05, 3.63) is 59.0 Å². The van der Waals surface area contributed by atoms with Crippen LogP contribution in [0.3, 0.4) is 0 Å². The summed E-state index contributed by atoms with van der Waals surface area (Å²) in [6.07, 6.45) is 0.953. The van der Waals surface area contributed by atoms with Crippen LogP contribution in [0.25, 0.3) is 11.3 Å². The summed E-state index contributed by atoms with van der Waals surface area (Å²) in [5.74, 6) is 1.99. The van der Waals surface area contributed by atoms with E-state index in [0.29, 0.717) is 23.7 Å². The zero-order valence-corrected chi connectivity index (χ0v) is 20.9. The first-order valence-corrected chi connectivity index (χ1v) is 12.6. The number of hydrogen-bond acceptors (Lipinski definition) is 6. The Morgan fingerprint density at radius 3 is 2.79 bits per heavy atom. The Hall–Kier alpha value is -2.94. The van der Waals surface area contributed by atoms with Crippen molar-refractivity contribution < 1.29 is 9.47 Å². The average Bonchev–Trinajstić information content (AvgIpc) is 3.30. The van der Waals surface area contributed by atoms with Crippen LogP contribution in [0, 0.1) is 13.8 Å². The number of anilines is 1. The minimum Gasteiger partial charge on any atom is -0.456 e. The lowest BCUT2D eigenvalue weighted by atomic mass is 10.1. The van der Waals surface area contributed by atoms with Gasteiger partial charge in [0.2, 0.25) is 0 Å². The largest absolute Gasteiger partial charge is 0.456 e. The Labute approximate surface area is 205 Å². The fourth-order valence-corrected chi connectivity index (χ4v) is 4.69. The second kappa shape index (κ2) is 11.5. The van der Waals surface area contributed by atoms with Crippen molar-refractivity contribution in [3.63, 3.8) is 0 Å². The molecule has 1 aromatic heterocycles. The number of para-hydroxylation sites is 1. The number of ether oxygens (including phenoxy) is 2. The molecule has 2 heterocycles. The topological polar surface area (TPSA) is 85.0 Å². The van der Waals surface area contributed by atoms with E-state index in [2.05, 4.69) is 48.1 Å². The summed E-state index contributed by atoms with van der Waals surface area (Å²) >= 11 is 1.49. The zero-order chi connectivity index (χ0) is 23.9.